The Kier molecular flexibility index (Phi) is 4.74. The zero-order valence-electron chi connectivity index (χ0n) is 9.63. The summed E-state index contributed by atoms with van der Waals surface area (Å²) in [5.74, 6) is 5.74. The summed E-state index contributed by atoms with van der Waals surface area (Å²) < 4.78 is 1.04. The van der Waals surface area contributed by atoms with Gasteiger partial charge in [-0.25, -0.2) is 10.8 Å². The SMILES string of the molecule is NNC(=O)Cc1ccccc1CSc1nccs1. The molecule has 0 aliphatic carbocycles. The molecule has 2 aromatic rings. The molecule has 18 heavy (non-hydrogen) atoms. The lowest BCUT2D eigenvalue weighted by molar-refractivity contribution is -0.120. The van der Waals surface area contributed by atoms with Gasteiger partial charge in [0.05, 0.1) is 6.42 Å². The number of aromatic nitrogens is 1. The molecule has 2 rings (SSSR count). The zero-order valence-corrected chi connectivity index (χ0v) is 11.3. The van der Waals surface area contributed by atoms with Crippen molar-refractivity contribution in [2.75, 3.05) is 0 Å². The van der Waals surface area contributed by atoms with E-state index >= 15 is 0 Å². The summed E-state index contributed by atoms with van der Waals surface area (Å²) in [5.41, 5.74) is 4.30. The highest BCUT2D eigenvalue weighted by Gasteiger charge is 2.07. The fourth-order valence-electron chi connectivity index (χ4n) is 1.52. The van der Waals surface area contributed by atoms with Gasteiger partial charge in [0.25, 0.3) is 0 Å². The van der Waals surface area contributed by atoms with Gasteiger partial charge in [0.1, 0.15) is 4.34 Å². The van der Waals surface area contributed by atoms with Gasteiger partial charge < -0.3 is 0 Å². The summed E-state index contributed by atoms with van der Waals surface area (Å²) in [4.78, 5) is 15.5. The van der Waals surface area contributed by atoms with Crippen molar-refractivity contribution in [1.29, 1.82) is 0 Å². The topological polar surface area (TPSA) is 68.0 Å². The lowest BCUT2D eigenvalue weighted by atomic mass is 10.1. The van der Waals surface area contributed by atoms with E-state index in [-0.39, 0.29) is 5.91 Å². The minimum atomic E-state index is -0.179. The van der Waals surface area contributed by atoms with Crippen molar-refractivity contribution < 1.29 is 4.79 Å². The first-order chi connectivity index (χ1) is 8.79. The van der Waals surface area contributed by atoms with E-state index in [1.54, 1.807) is 29.3 Å². The first-order valence-corrected chi connectivity index (χ1v) is 7.24. The standard InChI is InChI=1S/C12H13N3OS2/c13-15-11(16)7-9-3-1-2-4-10(9)8-18-12-14-5-6-17-12/h1-6H,7-8,13H2,(H,15,16). The average Bonchev–Trinajstić information content (AvgIpc) is 2.91. The van der Waals surface area contributed by atoms with E-state index in [0.717, 1.165) is 21.2 Å². The molecule has 0 fully saturated rings. The maximum absolute atomic E-state index is 11.3. The lowest BCUT2D eigenvalue weighted by Gasteiger charge is -2.07. The van der Waals surface area contributed by atoms with E-state index in [9.17, 15) is 4.79 Å². The average molecular weight is 279 g/mol. The summed E-state index contributed by atoms with van der Waals surface area (Å²) in [7, 11) is 0. The molecule has 0 bridgehead atoms. The number of hydrogen-bond acceptors (Lipinski definition) is 5. The van der Waals surface area contributed by atoms with Gasteiger partial charge in [-0.3, -0.25) is 10.2 Å². The minimum Gasteiger partial charge on any atom is -0.294 e. The molecule has 1 aromatic carbocycles. The van der Waals surface area contributed by atoms with Gasteiger partial charge in [-0.2, -0.15) is 0 Å². The molecule has 4 nitrogen and oxygen atoms in total. The van der Waals surface area contributed by atoms with Crippen LogP contribution in [0.5, 0.6) is 0 Å². The van der Waals surface area contributed by atoms with Gasteiger partial charge in [-0.05, 0) is 11.1 Å². The Hall–Kier alpha value is -1.37. The number of nitrogens with two attached hydrogens (primary N) is 1. The van der Waals surface area contributed by atoms with Gasteiger partial charge >= 0.3 is 0 Å². The van der Waals surface area contributed by atoms with Gasteiger partial charge in [-0.15, -0.1) is 11.3 Å². The third-order valence-corrected chi connectivity index (χ3v) is 4.41. The van der Waals surface area contributed by atoms with Gasteiger partial charge in [0.2, 0.25) is 5.91 Å². The molecule has 1 amide bonds. The molecule has 1 heterocycles. The van der Waals surface area contributed by atoms with E-state index in [4.69, 9.17) is 5.84 Å². The van der Waals surface area contributed by atoms with Crippen molar-refractivity contribution in [3.05, 3.63) is 47.0 Å². The summed E-state index contributed by atoms with van der Waals surface area (Å²) in [6.45, 7) is 0. The second kappa shape index (κ2) is 6.53. The lowest BCUT2D eigenvalue weighted by Crippen LogP contribution is -2.31. The van der Waals surface area contributed by atoms with Crippen LogP contribution in [0.15, 0.2) is 40.2 Å². The summed E-state index contributed by atoms with van der Waals surface area (Å²) >= 11 is 3.29. The largest absolute Gasteiger partial charge is 0.294 e. The van der Waals surface area contributed by atoms with Crippen LogP contribution in [0.1, 0.15) is 11.1 Å². The molecule has 0 saturated carbocycles. The van der Waals surface area contributed by atoms with E-state index < -0.39 is 0 Å². The number of carbonyl (C=O) groups is 1. The van der Waals surface area contributed by atoms with Crippen LogP contribution in [0.25, 0.3) is 0 Å². The maximum atomic E-state index is 11.3. The van der Waals surface area contributed by atoms with Crippen molar-refractivity contribution in [2.24, 2.45) is 5.84 Å². The monoisotopic (exact) mass is 279 g/mol. The fraction of sp³-hybridized carbons (Fsp3) is 0.167. The highest BCUT2D eigenvalue weighted by Crippen LogP contribution is 2.26. The Morgan fingerprint density at radius 2 is 2.17 bits per heavy atom. The molecule has 3 N–H and O–H groups in total. The van der Waals surface area contributed by atoms with Crippen LogP contribution in [0.3, 0.4) is 0 Å². The van der Waals surface area contributed by atoms with Crippen LogP contribution in [0.4, 0.5) is 0 Å². The summed E-state index contributed by atoms with van der Waals surface area (Å²) in [6.07, 6.45) is 2.10. The second-order valence-electron chi connectivity index (χ2n) is 3.60. The molecule has 6 heteroatoms. The first kappa shape index (κ1) is 13.1. The molecule has 0 aliphatic heterocycles. The van der Waals surface area contributed by atoms with Crippen LogP contribution in [-0.2, 0) is 17.0 Å². The predicted molar refractivity (Wildman–Crippen MR) is 74.2 cm³/mol. The van der Waals surface area contributed by atoms with Crippen molar-refractivity contribution in [3.8, 4) is 0 Å². The number of hydrazine groups is 1. The van der Waals surface area contributed by atoms with E-state index in [1.165, 1.54) is 0 Å². The first-order valence-electron chi connectivity index (χ1n) is 5.38. The Balaban J connectivity index is 2.05. The van der Waals surface area contributed by atoms with Crippen LogP contribution >= 0.6 is 23.1 Å². The fourth-order valence-corrected chi connectivity index (χ4v) is 3.19. The van der Waals surface area contributed by atoms with Crippen molar-refractivity contribution in [2.45, 2.75) is 16.5 Å². The molecule has 1 aromatic heterocycles. The Bertz CT molecular complexity index is 514. The van der Waals surface area contributed by atoms with Crippen molar-refractivity contribution in [1.82, 2.24) is 10.4 Å². The molecule has 0 aliphatic rings. The number of thioether (sulfide) groups is 1. The molecule has 0 unspecified atom stereocenters. The second-order valence-corrected chi connectivity index (χ2v) is 5.72. The number of thiazole rings is 1. The highest BCUT2D eigenvalue weighted by atomic mass is 32.2. The van der Waals surface area contributed by atoms with Gasteiger partial charge in [0, 0.05) is 17.3 Å². The Labute approximate surface area is 114 Å². The normalized spacial score (nSPS) is 10.3. The smallest absolute Gasteiger partial charge is 0.238 e. The van der Waals surface area contributed by atoms with Crippen molar-refractivity contribution in [3.63, 3.8) is 0 Å². The van der Waals surface area contributed by atoms with Crippen LogP contribution in [-0.4, -0.2) is 10.9 Å². The number of amides is 1. The molecular formula is C12H13N3OS2. The van der Waals surface area contributed by atoms with Gasteiger partial charge in [-0.1, -0.05) is 36.0 Å². The highest BCUT2D eigenvalue weighted by molar-refractivity contribution is 8.00. The minimum absolute atomic E-state index is 0.179. The van der Waals surface area contributed by atoms with Crippen LogP contribution in [0.2, 0.25) is 0 Å². The van der Waals surface area contributed by atoms with E-state index in [1.807, 2.05) is 29.6 Å². The number of benzene rings is 1. The Morgan fingerprint density at radius 1 is 1.39 bits per heavy atom. The molecule has 0 spiro atoms. The summed E-state index contributed by atoms with van der Waals surface area (Å²) in [6, 6.07) is 7.88. The molecule has 0 saturated heterocycles. The van der Waals surface area contributed by atoms with Crippen molar-refractivity contribution >= 4 is 29.0 Å². The molecule has 0 radical (unpaired) electrons. The molecular weight excluding hydrogens is 266 g/mol. The Morgan fingerprint density at radius 3 is 2.83 bits per heavy atom. The van der Waals surface area contributed by atoms with Crippen LogP contribution in [0, 0.1) is 0 Å². The number of carbonyl (C=O) groups excluding carboxylic acids is 1. The van der Waals surface area contributed by atoms with Crippen LogP contribution < -0.4 is 11.3 Å². The maximum Gasteiger partial charge on any atom is 0.238 e. The number of nitrogens with one attached hydrogen (secondary N) is 1. The third-order valence-electron chi connectivity index (χ3n) is 2.39. The number of rotatable bonds is 5. The van der Waals surface area contributed by atoms with E-state index in [0.29, 0.717) is 6.42 Å². The zero-order chi connectivity index (χ0) is 12.8. The number of hydrogen-bond donors (Lipinski definition) is 2. The predicted octanol–water partition coefficient (Wildman–Crippen LogP) is 1.97. The summed E-state index contributed by atoms with van der Waals surface area (Å²) in [5, 5.41) is 1.95. The van der Waals surface area contributed by atoms with E-state index in [2.05, 4.69) is 10.4 Å². The van der Waals surface area contributed by atoms with Gasteiger partial charge in [0.15, 0.2) is 0 Å². The molecule has 94 valence electrons. The third kappa shape index (κ3) is 3.56. The molecule has 0 atom stereocenters. The quantitative estimate of drug-likeness (QED) is 0.380. The number of nitrogens with zero attached hydrogens (tertiary/aromatic N) is 1.